The number of fused-ring (bicyclic) bond motifs is 1. The molecule has 168 valence electrons. The molecular weight excluding hydrogens is 408 g/mol. The molecule has 0 fully saturated rings. The Morgan fingerprint density at radius 2 is 1.72 bits per heavy atom. The van der Waals surface area contributed by atoms with Crippen LogP contribution in [0.25, 0.3) is 5.57 Å². The van der Waals surface area contributed by atoms with Gasteiger partial charge in [-0.25, -0.2) is 0 Å². The quantitative estimate of drug-likeness (QED) is 0.592. The lowest BCUT2D eigenvalue weighted by atomic mass is 10.0. The number of hydrogen-bond acceptors (Lipinski definition) is 6. The number of ether oxygens (including phenoxy) is 3. The molecule has 2 aromatic carbocycles. The number of imide groups is 1. The van der Waals surface area contributed by atoms with Crippen molar-refractivity contribution in [3.05, 3.63) is 59.3 Å². The van der Waals surface area contributed by atoms with E-state index in [-0.39, 0.29) is 31.1 Å². The van der Waals surface area contributed by atoms with E-state index in [1.807, 2.05) is 36.9 Å². The maximum Gasteiger partial charge on any atom is 0.278 e. The van der Waals surface area contributed by atoms with E-state index in [0.717, 1.165) is 17.7 Å². The minimum atomic E-state index is -0.325. The van der Waals surface area contributed by atoms with E-state index in [0.29, 0.717) is 34.9 Å². The average molecular weight is 437 g/mol. The highest BCUT2D eigenvalue weighted by atomic mass is 16.5. The lowest BCUT2D eigenvalue weighted by molar-refractivity contribution is -0.138. The smallest absolute Gasteiger partial charge is 0.278 e. The van der Waals surface area contributed by atoms with Crippen molar-refractivity contribution < 1.29 is 23.8 Å². The van der Waals surface area contributed by atoms with Gasteiger partial charge < -0.3 is 19.1 Å². The van der Waals surface area contributed by atoms with Gasteiger partial charge in [0.15, 0.2) is 11.5 Å². The van der Waals surface area contributed by atoms with Crippen LogP contribution in [0, 0.1) is 0 Å². The zero-order valence-corrected chi connectivity index (χ0v) is 18.9. The van der Waals surface area contributed by atoms with Crippen molar-refractivity contribution in [3.8, 4) is 11.5 Å². The first kappa shape index (κ1) is 21.9. The normalized spacial score (nSPS) is 15.8. The van der Waals surface area contributed by atoms with Crippen molar-refractivity contribution in [2.45, 2.75) is 26.4 Å². The van der Waals surface area contributed by atoms with Crippen LogP contribution < -0.4 is 14.4 Å². The molecule has 0 aliphatic carbocycles. The molecule has 0 bridgehead atoms. The Hall–Kier alpha value is -3.32. The summed E-state index contributed by atoms with van der Waals surface area (Å²) in [5, 5.41) is 0. The van der Waals surface area contributed by atoms with Crippen molar-refractivity contribution in [2.24, 2.45) is 0 Å². The summed E-state index contributed by atoms with van der Waals surface area (Å²) in [6.45, 7) is 4.98. The summed E-state index contributed by atoms with van der Waals surface area (Å²) in [5.41, 5.74) is 3.51. The first-order chi connectivity index (χ1) is 15.5. The highest BCUT2D eigenvalue weighted by Gasteiger charge is 2.43. The summed E-state index contributed by atoms with van der Waals surface area (Å²) in [5.74, 6) is 0.433. The van der Waals surface area contributed by atoms with Crippen LogP contribution in [-0.2, 0) is 20.7 Å². The van der Waals surface area contributed by atoms with E-state index >= 15 is 0 Å². The largest absolute Gasteiger partial charge is 0.493 e. The Bertz CT molecular complexity index is 1080. The van der Waals surface area contributed by atoms with Gasteiger partial charge in [-0.2, -0.15) is 0 Å². The molecule has 0 spiro atoms. The van der Waals surface area contributed by atoms with Crippen molar-refractivity contribution in [1.29, 1.82) is 0 Å². The topological polar surface area (TPSA) is 68.3 Å². The molecule has 7 nitrogen and oxygen atoms in total. The molecule has 2 aromatic rings. The lowest BCUT2D eigenvalue weighted by Crippen LogP contribution is -2.37. The predicted octanol–water partition coefficient (Wildman–Crippen LogP) is 3.27. The van der Waals surface area contributed by atoms with Gasteiger partial charge in [-0.15, -0.1) is 0 Å². The number of carbonyl (C=O) groups is 2. The summed E-state index contributed by atoms with van der Waals surface area (Å²) < 4.78 is 16.4. The summed E-state index contributed by atoms with van der Waals surface area (Å²) in [6, 6.07) is 13.3. The second-order valence-corrected chi connectivity index (χ2v) is 8.01. The molecule has 0 unspecified atom stereocenters. The first-order valence-electron chi connectivity index (χ1n) is 10.8. The maximum atomic E-state index is 13.5. The fourth-order valence-electron chi connectivity index (χ4n) is 4.22. The standard InChI is InChI=1S/C25H28N2O5/c1-16(2)32-14-13-27-24(28)22(18-9-10-20(30-3)21(15-18)31-4)23(25(27)29)26-12-11-17-7-5-6-8-19(17)26/h5-10,15-16H,11-14H2,1-4H3. The van der Waals surface area contributed by atoms with Crippen LogP contribution in [0.4, 0.5) is 5.69 Å². The van der Waals surface area contributed by atoms with Gasteiger partial charge in [0.05, 0.1) is 39.0 Å². The van der Waals surface area contributed by atoms with Gasteiger partial charge in [0, 0.05) is 12.2 Å². The van der Waals surface area contributed by atoms with E-state index in [2.05, 4.69) is 6.07 Å². The van der Waals surface area contributed by atoms with Gasteiger partial charge >= 0.3 is 0 Å². The molecule has 2 heterocycles. The summed E-state index contributed by atoms with van der Waals surface area (Å²) in [4.78, 5) is 30.3. The Kier molecular flexibility index (Phi) is 6.19. The van der Waals surface area contributed by atoms with E-state index in [9.17, 15) is 9.59 Å². The third-order valence-electron chi connectivity index (χ3n) is 5.74. The Morgan fingerprint density at radius 3 is 2.44 bits per heavy atom. The highest BCUT2D eigenvalue weighted by molar-refractivity contribution is 6.36. The van der Waals surface area contributed by atoms with Gasteiger partial charge in [0.1, 0.15) is 5.70 Å². The Balaban J connectivity index is 1.79. The molecule has 2 amide bonds. The number of methoxy groups -OCH3 is 2. The summed E-state index contributed by atoms with van der Waals surface area (Å²) >= 11 is 0. The number of rotatable bonds is 8. The van der Waals surface area contributed by atoms with Crippen LogP contribution in [0.2, 0.25) is 0 Å². The van der Waals surface area contributed by atoms with Crippen LogP contribution in [0.15, 0.2) is 48.2 Å². The molecule has 0 radical (unpaired) electrons. The second-order valence-electron chi connectivity index (χ2n) is 8.01. The average Bonchev–Trinajstić information content (AvgIpc) is 3.32. The molecule has 0 aromatic heterocycles. The van der Waals surface area contributed by atoms with Crippen molar-refractivity contribution in [2.75, 3.05) is 38.8 Å². The number of anilines is 1. The summed E-state index contributed by atoms with van der Waals surface area (Å²) in [7, 11) is 3.11. The molecule has 32 heavy (non-hydrogen) atoms. The van der Waals surface area contributed by atoms with E-state index < -0.39 is 0 Å². The molecule has 0 atom stereocenters. The molecule has 0 N–H and O–H groups in total. The molecule has 0 saturated heterocycles. The van der Waals surface area contributed by atoms with Crippen molar-refractivity contribution in [3.63, 3.8) is 0 Å². The zero-order chi connectivity index (χ0) is 22.8. The second kappa shape index (κ2) is 9.04. The van der Waals surface area contributed by atoms with Crippen molar-refractivity contribution >= 4 is 23.1 Å². The number of para-hydroxylation sites is 1. The first-order valence-corrected chi connectivity index (χ1v) is 10.8. The van der Waals surface area contributed by atoms with E-state index in [1.165, 1.54) is 4.90 Å². The number of nitrogens with zero attached hydrogens (tertiary/aromatic N) is 2. The van der Waals surface area contributed by atoms with Gasteiger partial charge in [-0.3, -0.25) is 14.5 Å². The molecular formula is C25H28N2O5. The van der Waals surface area contributed by atoms with Crippen LogP contribution in [0.5, 0.6) is 11.5 Å². The third-order valence-corrected chi connectivity index (χ3v) is 5.74. The highest BCUT2D eigenvalue weighted by Crippen LogP contribution is 2.40. The number of amides is 2. The Labute approximate surface area is 188 Å². The monoisotopic (exact) mass is 436 g/mol. The SMILES string of the molecule is COc1ccc(C2=C(N3CCc4ccccc43)C(=O)N(CCOC(C)C)C2=O)cc1OC. The number of benzene rings is 2. The van der Waals surface area contributed by atoms with Gasteiger partial charge in [0.25, 0.3) is 11.8 Å². The molecule has 0 saturated carbocycles. The summed E-state index contributed by atoms with van der Waals surface area (Å²) in [6.07, 6.45) is 0.836. The van der Waals surface area contributed by atoms with Crippen LogP contribution >= 0.6 is 0 Å². The molecule has 2 aliphatic heterocycles. The predicted molar refractivity (Wildman–Crippen MR) is 122 cm³/mol. The van der Waals surface area contributed by atoms with Crippen molar-refractivity contribution in [1.82, 2.24) is 4.90 Å². The molecule has 7 heteroatoms. The molecule has 2 aliphatic rings. The minimum absolute atomic E-state index is 0.0195. The maximum absolute atomic E-state index is 13.5. The molecule has 4 rings (SSSR count). The Morgan fingerprint density at radius 1 is 0.969 bits per heavy atom. The number of hydrogen-bond donors (Lipinski definition) is 0. The van der Waals surface area contributed by atoms with Crippen LogP contribution in [0.1, 0.15) is 25.0 Å². The van der Waals surface area contributed by atoms with E-state index in [4.69, 9.17) is 14.2 Å². The van der Waals surface area contributed by atoms with Crippen LogP contribution in [0.3, 0.4) is 0 Å². The van der Waals surface area contributed by atoms with Gasteiger partial charge in [-0.1, -0.05) is 24.3 Å². The lowest BCUT2D eigenvalue weighted by Gasteiger charge is -2.22. The van der Waals surface area contributed by atoms with Crippen LogP contribution in [-0.4, -0.2) is 56.7 Å². The van der Waals surface area contributed by atoms with E-state index in [1.54, 1.807) is 32.4 Å². The third kappa shape index (κ3) is 3.84. The van der Waals surface area contributed by atoms with Gasteiger partial charge in [0.2, 0.25) is 0 Å². The number of carbonyl (C=O) groups excluding carboxylic acids is 2. The zero-order valence-electron chi connectivity index (χ0n) is 18.9. The fraction of sp³-hybridized carbons (Fsp3) is 0.360. The fourth-order valence-corrected chi connectivity index (χ4v) is 4.22. The van der Waals surface area contributed by atoms with Gasteiger partial charge in [-0.05, 0) is 49.6 Å². The minimum Gasteiger partial charge on any atom is -0.493 e.